The Morgan fingerprint density at radius 3 is 1.59 bits per heavy atom. The molecule has 2 N–H and O–H groups in total. The molecule has 0 aliphatic carbocycles. The predicted octanol–water partition coefficient (Wildman–Crippen LogP) is 5.07. The van der Waals surface area contributed by atoms with Crippen LogP contribution in [0.3, 0.4) is 0 Å². The Morgan fingerprint density at radius 2 is 1.24 bits per heavy atom. The molecule has 0 bridgehead atoms. The fraction of sp³-hybridized carbons (Fsp3) is 0. The van der Waals surface area contributed by atoms with Gasteiger partial charge in [-0.2, -0.15) is 0 Å². The molecule has 0 amide bonds. The lowest BCUT2D eigenvalue weighted by molar-refractivity contribution is 0.468. The molecule has 17 heavy (non-hydrogen) atoms. The third kappa shape index (κ3) is 5.10. The average Bonchev–Trinajstić information content (AvgIpc) is 2.27. The van der Waals surface area contributed by atoms with E-state index in [1.165, 1.54) is 0 Å². The van der Waals surface area contributed by atoms with Crippen LogP contribution in [0, 0.1) is 0 Å². The normalized spacial score (nSPS) is 9.35. The van der Waals surface area contributed by atoms with E-state index in [1.807, 2.05) is 6.07 Å². The molecule has 0 heterocycles. The maximum absolute atomic E-state index is 9.22. The average molecular weight is 425 g/mol. The largest absolute Gasteiger partial charge is 0.508 e. The molecule has 0 radical (unpaired) electrons. The summed E-state index contributed by atoms with van der Waals surface area (Å²) in [4.78, 5) is 0. The lowest BCUT2D eigenvalue weighted by Crippen LogP contribution is -1.71. The number of halogens is 3. The van der Waals surface area contributed by atoms with Crippen molar-refractivity contribution in [1.29, 1.82) is 0 Å². The number of aromatic hydroxyl groups is 2. The smallest absolute Gasteiger partial charge is 0.144 e. The second-order valence-corrected chi connectivity index (χ2v) is 5.68. The first kappa shape index (κ1) is 14.5. The molecule has 0 saturated carbocycles. The molecular formula is C12H9Br3O2. The molecule has 0 atom stereocenters. The minimum absolute atomic E-state index is 0.225. The maximum atomic E-state index is 9.22. The van der Waals surface area contributed by atoms with Crippen molar-refractivity contribution < 1.29 is 10.2 Å². The van der Waals surface area contributed by atoms with Crippen molar-refractivity contribution in [3.8, 4) is 11.5 Å². The van der Waals surface area contributed by atoms with E-state index >= 15 is 0 Å². The molecule has 2 aromatic rings. The molecule has 0 aliphatic rings. The van der Waals surface area contributed by atoms with E-state index < -0.39 is 0 Å². The third-order valence-electron chi connectivity index (χ3n) is 1.74. The number of hydrogen-bond acceptors (Lipinski definition) is 2. The Bertz CT molecular complexity index is 463. The highest BCUT2D eigenvalue weighted by molar-refractivity contribution is 9.11. The zero-order valence-corrected chi connectivity index (χ0v) is 13.3. The summed E-state index contributed by atoms with van der Waals surface area (Å²) < 4.78 is 2.27. The second kappa shape index (κ2) is 7.03. The number of hydrogen-bond donors (Lipinski definition) is 2. The van der Waals surface area contributed by atoms with Crippen LogP contribution < -0.4 is 0 Å². The summed E-state index contributed by atoms with van der Waals surface area (Å²) in [6, 6.07) is 12.3. The van der Waals surface area contributed by atoms with Crippen LogP contribution in [0.5, 0.6) is 11.5 Å². The first-order chi connectivity index (χ1) is 8.00. The van der Waals surface area contributed by atoms with Crippen molar-refractivity contribution in [2.75, 3.05) is 0 Å². The van der Waals surface area contributed by atoms with Crippen molar-refractivity contribution in [2.45, 2.75) is 0 Å². The molecule has 5 heteroatoms. The van der Waals surface area contributed by atoms with Gasteiger partial charge in [0, 0.05) is 4.47 Å². The maximum Gasteiger partial charge on any atom is 0.144 e. The number of rotatable bonds is 0. The summed E-state index contributed by atoms with van der Waals surface area (Å²) in [7, 11) is 0. The molecular weight excluding hydrogens is 416 g/mol. The van der Waals surface area contributed by atoms with Crippen molar-refractivity contribution in [2.24, 2.45) is 0 Å². The third-order valence-corrected chi connectivity index (χ3v) is 3.40. The molecule has 0 fully saturated rings. The van der Waals surface area contributed by atoms with Crippen LogP contribution in [-0.4, -0.2) is 10.2 Å². The van der Waals surface area contributed by atoms with Crippen LogP contribution in [0.25, 0.3) is 0 Å². The van der Waals surface area contributed by atoms with E-state index in [2.05, 4.69) is 47.8 Å². The second-order valence-electron chi connectivity index (χ2n) is 3.05. The van der Waals surface area contributed by atoms with Gasteiger partial charge in [0.1, 0.15) is 11.5 Å². The molecule has 90 valence electrons. The van der Waals surface area contributed by atoms with Crippen molar-refractivity contribution in [1.82, 2.24) is 0 Å². The summed E-state index contributed by atoms with van der Waals surface area (Å²) >= 11 is 9.65. The zero-order valence-electron chi connectivity index (χ0n) is 8.57. The standard InChI is InChI=1S/C6H3Br3O.C6H6O/c7-3-1-4(8)6(10)5(9)2-3;7-6-4-2-1-3-5-6/h1-2,10H;1-5,7H. The predicted molar refractivity (Wildman–Crippen MR) is 79.3 cm³/mol. The van der Waals surface area contributed by atoms with E-state index in [0.717, 1.165) is 4.47 Å². The monoisotopic (exact) mass is 422 g/mol. The van der Waals surface area contributed by atoms with Gasteiger partial charge in [0.25, 0.3) is 0 Å². The molecule has 2 nitrogen and oxygen atoms in total. The van der Waals surface area contributed by atoms with Gasteiger partial charge >= 0.3 is 0 Å². The van der Waals surface area contributed by atoms with Gasteiger partial charge in [-0.1, -0.05) is 34.1 Å². The minimum atomic E-state index is 0.225. The molecule has 0 aliphatic heterocycles. The highest BCUT2D eigenvalue weighted by Gasteiger charge is 2.02. The number of phenols is 2. The lowest BCUT2D eigenvalue weighted by atomic mass is 10.3. The highest BCUT2D eigenvalue weighted by Crippen LogP contribution is 2.34. The van der Waals surface area contributed by atoms with Crippen molar-refractivity contribution >= 4 is 47.8 Å². The molecule has 2 rings (SSSR count). The quantitative estimate of drug-likeness (QED) is 0.619. The Hall–Kier alpha value is -0.520. The number of phenolic OH excluding ortho intramolecular Hbond substituents is 2. The number of benzene rings is 2. The van der Waals surface area contributed by atoms with Crippen LogP contribution in [0.2, 0.25) is 0 Å². The van der Waals surface area contributed by atoms with E-state index in [0.29, 0.717) is 14.7 Å². The molecule has 0 unspecified atom stereocenters. The Morgan fingerprint density at radius 1 is 0.765 bits per heavy atom. The van der Waals surface area contributed by atoms with Crippen LogP contribution in [0.1, 0.15) is 0 Å². The summed E-state index contributed by atoms with van der Waals surface area (Å²) in [6.45, 7) is 0. The van der Waals surface area contributed by atoms with Crippen LogP contribution >= 0.6 is 47.8 Å². The van der Waals surface area contributed by atoms with Crippen LogP contribution in [0.15, 0.2) is 55.9 Å². The first-order valence-electron chi connectivity index (χ1n) is 4.58. The van der Waals surface area contributed by atoms with E-state index in [4.69, 9.17) is 5.11 Å². The Balaban J connectivity index is 0.000000181. The van der Waals surface area contributed by atoms with E-state index in [9.17, 15) is 5.11 Å². The highest BCUT2D eigenvalue weighted by atomic mass is 79.9. The van der Waals surface area contributed by atoms with Gasteiger partial charge in [0.15, 0.2) is 0 Å². The Kier molecular flexibility index (Phi) is 6.02. The summed E-state index contributed by atoms with van der Waals surface area (Å²) in [5, 5.41) is 17.8. The fourth-order valence-corrected chi connectivity index (χ4v) is 3.22. The summed E-state index contributed by atoms with van der Waals surface area (Å²) in [5.41, 5.74) is 0. The molecule has 0 saturated heterocycles. The fourth-order valence-electron chi connectivity index (χ4n) is 0.963. The van der Waals surface area contributed by atoms with Gasteiger partial charge in [-0.05, 0) is 56.1 Å². The van der Waals surface area contributed by atoms with Crippen molar-refractivity contribution in [3.63, 3.8) is 0 Å². The molecule has 0 spiro atoms. The van der Waals surface area contributed by atoms with Crippen LogP contribution in [-0.2, 0) is 0 Å². The van der Waals surface area contributed by atoms with Gasteiger partial charge in [-0.25, -0.2) is 0 Å². The molecule has 0 aromatic heterocycles. The van der Waals surface area contributed by atoms with E-state index in [-0.39, 0.29) is 5.75 Å². The van der Waals surface area contributed by atoms with Crippen LogP contribution in [0.4, 0.5) is 0 Å². The Labute approximate surface area is 125 Å². The summed E-state index contributed by atoms with van der Waals surface area (Å²) in [6.07, 6.45) is 0. The van der Waals surface area contributed by atoms with Gasteiger partial charge in [0.2, 0.25) is 0 Å². The zero-order chi connectivity index (χ0) is 12.8. The first-order valence-corrected chi connectivity index (χ1v) is 6.96. The molecule has 2 aromatic carbocycles. The van der Waals surface area contributed by atoms with Crippen molar-refractivity contribution in [3.05, 3.63) is 55.9 Å². The van der Waals surface area contributed by atoms with Gasteiger partial charge < -0.3 is 10.2 Å². The minimum Gasteiger partial charge on any atom is -0.508 e. The van der Waals surface area contributed by atoms with E-state index in [1.54, 1.807) is 36.4 Å². The lowest BCUT2D eigenvalue weighted by Gasteiger charge is -1.99. The van der Waals surface area contributed by atoms with Gasteiger partial charge in [-0.15, -0.1) is 0 Å². The van der Waals surface area contributed by atoms with Gasteiger partial charge in [-0.3, -0.25) is 0 Å². The SMILES string of the molecule is Oc1c(Br)cc(Br)cc1Br.Oc1ccccc1. The topological polar surface area (TPSA) is 40.5 Å². The van der Waals surface area contributed by atoms with Gasteiger partial charge in [0.05, 0.1) is 8.95 Å². The number of para-hydroxylation sites is 1. The summed E-state index contributed by atoms with van der Waals surface area (Å²) in [5.74, 6) is 0.547.